The van der Waals surface area contributed by atoms with Crippen molar-refractivity contribution in [3.8, 4) is 0 Å². The lowest BCUT2D eigenvalue weighted by Crippen LogP contribution is -2.44. The number of rotatable bonds is 9. The van der Waals surface area contributed by atoms with Gasteiger partial charge in [0.05, 0.1) is 13.2 Å². The van der Waals surface area contributed by atoms with Gasteiger partial charge in [-0.3, -0.25) is 4.90 Å². The Labute approximate surface area is 91.4 Å². The summed E-state index contributed by atoms with van der Waals surface area (Å²) < 4.78 is 9.83. The Balaban J connectivity index is 3.95. The Morgan fingerprint density at radius 2 is 1.47 bits per heavy atom. The maximum atomic E-state index is 9.76. The van der Waals surface area contributed by atoms with E-state index in [-0.39, 0.29) is 13.2 Å². The largest absolute Gasteiger partial charge is 0.498 e. The first-order valence-electron chi connectivity index (χ1n) is 4.88. The summed E-state index contributed by atoms with van der Waals surface area (Å²) in [6, 6.07) is 0.389. The summed E-state index contributed by atoms with van der Waals surface area (Å²) in [5.74, 6) is 0. The van der Waals surface area contributed by atoms with Gasteiger partial charge in [0, 0.05) is 39.9 Å². The molecule has 0 aromatic heterocycles. The van der Waals surface area contributed by atoms with Crippen molar-refractivity contribution in [3.63, 3.8) is 0 Å². The van der Waals surface area contributed by atoms with Gasteiger partial charge in [-0.05, 0) is 0 Å². The minimum atomic E-state index is -3.02. The Hall–Kier alpha value is -0.0231. The van der Waals surface area contributed by atoms with Crippen LogP contribution in [0.5, 0.6) is 0 Å². The lowest BCUT2D eigenvalue weighted by Gasteiger charge is -2.25. The lowest BCUT2D eigenvalue weighted by molar-refractivity contribution is 0.132. The maximum Gasteiger partial charge on any atom is 0.498 e. The SMILES string of the molecule is CO[Si](O)(CCN(CCO)CCO)OC. The molecule has 0 fully saturated rings. The molecule has 3 N–H and O–H groups in total. The van der Waals surface area contributed by atoms with Gasteiger partial charge in [0.1, 0.15) is 0 Å². The summed E-state index contributed by atoms with van der Waals surface area (Å²) in [6.07, 6.45) is 0. The number of hydrogen-bond acceptors (Lipinski definition) is 6. The topological polar surface area (TPSA) is 82.4 Å². The van der Waals surface area contributed by atoms with E-state index in [0.717, 1.165) is 0 Å². The van der Waals surface area contributed by atoms with E-state index in [9.17, 15) is 4.80 Å². The molecule has 0 aromatic carbocycles. The Morgan fingerprint density at radius 1 is 1.00 bits per heavy atom. The molecule has 0 heterocycles. The number of nitrogens with zero attached hydrogens (tertiary/aromatic N) is 1. The van der Waals surface area contributed by atoms with Crippen LogP contribution >= 0.6 is 0 Å². The van der Waals surface area contributed by atoms with Gasteiger partial charge in [-0.1, -0.05) is 0 Å². The van der Waals surface area contributed by atoms with Crippen LogP contribution in [0, 0.1) is 0 Å². The molecule has 0 unspecified atom stereocenters. The van der Waals surface area contributed by atoms with E-state index in [4.69, 9.17) is 19.1 Å². The molecule has 0 saturated heterocycles. The number of aliphatic hydroxyl groups excluding tert-OH is 2. The van der Waals surface area contributed by atoms with Gasteiger partial charge < -0.3 is 23.9 Å². The van der Waals surface area contributed by atoms with Crippen LogP contribution in [0.2, 0.25) is 6.04 Å². The van der Waals surface area contributed by atoms with Crippen molar-refractivity contribution in [3.05, 3.63) is 0 Å². The van der Waals surface area contributed by atoms with E-state index in [1.165, 1.54) is 14.2 Å². The van der Waals surface area contributed by atoms with Crippen LogP contribution in [0.25, 0.3) is 0 Å². The minimum absolute atomic E-state index is 0.0277. The van der Waals surface area contributed by atoms with Gasteiger partial charge in [0.25, 0.3) is 0 Å². The van der Waals surface area contributed by atoms with Crippen molar-refractivity contribution in [1.82, 2.24) is 4.90 Å². The molecular weight excluding hydrogens is 218 g/mol. The van der Waals surface area contributed by atoms with Crippen LogP contribution in [0.1, 0.15) is 0 Å². The average molecular weight is 239 g/mol. The normalized spacial score (nSPS) is 12.4. The van der Waals surface area contributed by atoms with Crippen LogP contribution in [0.15, 0.2) is 0 Å². The highest BCUT2D eigenvalue weighted by atomic mass is 28.4. The molecule has 92 valence electrons. The van der Waals surface area contributed by atoms with Crippen molar-refractivity contribution in [2.24, 2.45) is 0 Å². The van der Waals surface area contributed by atoms with E-state index in [1.54, 1.807) is 0 Å². The van der Waals surface area contributed by atoms with Crippen LogP contribution < -0.4 is 0 Å². The molecule has 0 aliphatic rings. The maximum absolute atomic E-state index is 9.76. The highest BCUT2D eigenvalue weighted by Gasteiger charge is 2.34. The van der Waals surface area contributed by atoms with Gasteiger partial charge in [-0.25, -0.2) is 0 Å². The van der Waals surface area contributed by atoms with Crippen molar-refractivity contribution in [2.75, 3.05) is 47.1 Å². The summed E-state index contributed by atoms with van der Waals surface area (Å²) in [5.41, 5.74) is 0. The van der Waals surface area contributed by atoms with Gasteiger partial charge in [0.15, 0.2) is 0 Å². The van der Waals surface area contributed by atoms with Crippen molar-refractivity contribution in [2.45, 2.75) is 6.04 Å². The lowest BCUT2D eigenvalue weighted by atomic mass is 10.5. The molecule has 0 aliphatic heterocycles. The van der Waals surface area contributed by atoms with E-state index < -0.39 is 8.80 Å². The summed E-state index contributed by atoms with van der Waals surface area (Å²) in [4.78, 5) is 11.6. The smallest absolute Gasteiger partial charge is 0.395 e. The number of aliphatic hydroxyl groups is 2. The molecule has 7 heteroatoms. The monoisotopic (exact) mass is 239 g/mol. The number of hydrogen-bond donors (Lipinski definition) is 3. The van der Waals surface area contributed by atoms with E-state index in [0.29, 0.717) is 25.7 Å². The highest BCUT2D eigenvalue weighted by molar-refractivity contribution is 6.59. The molecule has 0 amide bonds. The zero-order chi connectivity index (χ0) is 11.7. The highest BCUT2D eigenvalue weighted by Crippen LogP contribution is 2.08. The molecule has 0 saturated carbocycles. The van der Waals surface area contributed by atoms with Gasteiger partial charge in [-0.2, -0.15) is 0 Å². The molecule has 0 aromatic rings. The van der Waals surface area contributed by atoms with Crippen LogP contribution in [-0.4, -0.2) is 75.8 Å². The zero-order valence-electron chi connectivity index (χ0n) is 9.35. The van der Waals surface area contributed by atoms with E-state index in [2.05, 4.69) is 0 Å². The summed E-state index contributed by atoms with van der Waals surface area (Å²) in [5, 5.41) is 17.5. The predicted molar refractivity (Wildman–Crippen MR) is 57.4 cm³/mol. The third kappa shape index (κ3) is 6.20. The quantitative estimate of drug-likeness (QED) is 0.425. The van der Waals surface area contributed by atoms with Crippen molar-refractivity contribution < 1.29 is 23.9 Å². The summed E-state index contributed by atoms with van der Waals surface area (Å²) in [6.45, 7) is 1.53. The second kappa shape index (κ2) is 8.17. The fourth-order valence-corrected chi connectivity index (χ4v) is 2.38. The van der Waals surface area contributed by atoms with Crippen LogP contribution in [-0.2, 0) is 8.85 Å². The first-order chi connectivity index (χ1) is 7.11. The fraction of sp³-hybridized carbons (Fsp3) is 1.00. The van der Waals surface area contributed by atoms with E-state index >= 15 is 0 Å². The first kappa shape index (κ1) is 15.0. The molecule has 0 bridgehead atoms. The second-order valence-electron chi connectivity index (χ2n) is 3.16. The third-order valence-electron chi connectivity index (χ3n) is 2.21. The summed E-state index contributed by atoms with van der Waals surface area (Å²) in [7, 11) is -0.193. The van der Waals surface area contributed by atoms with Gasteiger partial charge >= 0.3 is 8.80 Å². The Morgan fingerprint density at radius 3 is 1.80 bits per heavy atom. The molecule has 0 radical (unpaired) electrons. The molecular formula is C8H21NO5Si. The van der Waals surface area contributed by atoms with Crippen LogP contribution in [0.4, 0.5) is 0 Å². The molecule has 0 atom stereocenters. The summed E-state index contributed by atoms with van der Waals surface area (Å²) >= 11 is 0. The van der Waals surface area contributed by atoms with Crippen LogP contribution in [0.3, 0.4) is 0 Å². The molecule has 0 aliphatic carbocycles. The van der Waals surface area contributed by atoms with Crippen molar-refractivity contribution >= 4 is 8.80 Å². The average Bonchev–Trinajstić information content (AvgIpc) is 2.26. The first-order valence-corrected chi connectivity index (χ1v) is 6.85. The standard InChI is InChI=1S/C8H21NO5Si/c1-13-15(12,14-2)8-5-9(3-6-10)4-7-11/h10-12H,3-8H2,1-2H3. The van der Waals surface area contributed by atoms with Crippen molar-refractivity contribution in [1.29, 1.82) is 0 Å². The third-order valence-corrected chi connectivity index (χ3v) is 4.35. The van der Waals surface area contributed by atoms with E-state index in [1.807, 2.05) is 4.90 Å². The Bertz CT molecular complexity index is 150. The predicted octanol–water partition coefficient (Wildman–Crippen LogP) is -1.50. The fourth-order valence-electron chi connectivity index (χ4n) is 1.21. The van der Waals surface area contributed by atoms with Gasteiger partial charge in [0.2, 0.25) is 0 Å². The zero-order valence-corrected chi connectivity index (χ0v) is 10.3. The molecule has 15 heavy (non-hydrogen) atoms. The minimum Gasteiger partial charge on any atom is -0.395 e. The molecule has 0 rings (SSSR count). The van der Waals surface area contributed by atoms with Gasteiger partial charge in [-0.15, -0.1) is 0 Å². The second-order valence-corrected chi connectivity index (χ2v) is 5.90. The molecule has 6 nitrogen and oxygen atoms in total. The Kier molecular flexibility index (Phi) is 8.15. The molecule has 0 spiro atoms.